The summed E-state index contributed by atoms with van der Waals surface area (Å²) in [5.74, 6) is 2.25. The molecule has 0 bridgehead atoms. The number of rotatable bonds is 6. The molecule has 1 aliphatic rings. The van der Waals surface area contributed by atoms with Gasteiger partial charge in [0.05, 0.1) is 12.8 Å². The minimum Gasteiger partial charge on any atom is -0.445 e. The molecule has 0 saturated carbocycles. The van der Waals surface area contributed by atoms with Gasteiger partial charge in [-0.3, -0.25) is 0 Å². The van der Waals surface area contributed by atoms with Crippen LogP contribution in [0.5, 0.6) is 0 Å². The Balaban J connectivity index is 1.78. The van der Waals surface area contributed by atoms with E-state index in [4.69, 9.17) is 9.15 Å². The molecule has 0 aliphatic carbocycles. The molecule has 4 nitrogen and oxygen atoms in total. The molecule has 96 valence electrons. The zero-order valence-corrected chi connectivity index (χ0v) is 10.6. The van der Waals surface area contributed by atoms with Gasteiger partial charge in [-0.25, -0.2) is 4.98 Å². The average molecular weight is 238 g/mol. The Bertz CT molecular complexity index is 319. The van der Waals surface area contributed by atoms with Crippen molar-refractivity contribution >= 4 is 0 Å². The van der Waals surface area contributed by atoms with Crippen molar-refractivity contribution in [1.29, 1.82) is 0 Å². The van der Waals surface area contributed by atoms with E-state index in [9.17, 15) is 0 Å². The van der Waals surface area contributed by atoms with E-state index in [0.717, 1.165) is 63.6 Å². The van der Waals surface area contributed by atoms with Crippen LogP contribution in [0.2, 0.25) is 0 Å². The first kappa shape index (κ1) is 12.6. The van der Waals surface area contributed by atoms with Crippen molar-refractivity contribution < 1.29 is 9.15 Å². The van der Waals surface area contributed by atoms with Crippen molar-refractivity contribution in [3.63, 3.8) is 0 Å². The smallest absolute Gasteiger partial charge is 0.195 e. The molecule has 0 amide bonds. The lowest BCUT2D eigenvalue weighted by molar-refractivity contribution is 0.0738. The maximum absolute atomic E-state index is 5.77. The number of ether oxygens (including phenoxy) is 1. The van der Waals surface area contributed by atoms with Gasteiger partial charge < -0.3 is 14.5 Å². The Morgan fingerprint density at radius 3 is 3.18 bits per heavy atom. The lowest BCUT2D eigenvalue weighted by atomic mass is 10.0. The molecule has 1 saturated heterocycles. The fourth-order valence-electron chi connectivity index (χ4n) is 2.09. The van der Waals surface area contributed by atoms with Crippen LogP contribution in [0.15, 0.2) is 10.6 Å². The third-order valence-electron chi connectivity index (χ3n) is 3.08. The van der Waals surface area contributed by atoms with Crippen LogP contribution in [-0.4, -0.2) is 31.3 Å². The summed E-state index contributed by atoms with van der Waals surface area (Å²) in [6.07, 6.45) is 6.18. The second-order valence-corrected chi connectivity index (χ2v) is 4.57. The lowest BCUT2D eigenvalue weighted by Crippen LogP contribution is -2.17. The third-order valence-corrected chi connectivity index (χ3v) is 3.08. The number of hydrogen-bond donors (Lipinski definition) is 1. The minimum absolute atomic E-state index is 0.411. The van der Waals surface area contributed by atoms with Crippen LogP contribution < -0.4 is 5.32 Å². The molecule has 1 fully saturated rings. The van der Waals surface area contributed by atoms with Gasteiger partial charge in [0.15, 0.2) is 5.89 Å². The highest BCUT2D eigenvalue weighted by Gasteiger charge is 2.19. The highest BCUT2D eigenvalue weighted by Crippen LogP contribution is 2.25. The van der Waals surface area contributed by atoms with Crippen LogP contribution in [-0.2, 0) is 11.2 Å². The molecule has 2 rings (SSSR count). The summed E-state index contributed by atoms with van der Waals surface area (Å²) in [4.78, 5) is 4.33. The van der Waals surface area contributed by atoms with Gasteiger partial charge in [0.25, 0.3) is 0 Å². The molecule has 0 aromatic carbocycles. The molecule has 1 N–H and O–H groups in total. The molecular weight excluding hydrogens is 216 g/mol. The molecule has 1 aliphatic heterocycles. The van der Waals surface area contributed by atoms with Crippen LogP contribution in [0, 0.1) is 0 Å². The van der Waals surface area contributed by atoms with Gasteiger partial charge in [-0.2, -0.15) is 0 Å². The second-order valence-electron chi connectivity index (χ2n) is 4.57. The van der Waals surface area contributed by atoms with E-state index in [0.29, 0.717) is 5.92 Å². The summed E-state index contributed by atoms with van der Waals surface area (Å²) < 4.78 is 11.2. The molecule has 0 spiro atoms. The number of oxazole rings is 1. The largest absolute Gasteiger partial charge is 0.445 e. The molecule has 1 atom stereocenters. The molecule has 1 unspecified atom stereocenters. The quantitative estimate of drug-likeness (QED) is 0.771. The van der Waals surface area contributed by atoms with Gasteiger partial charge in [-0.15, -0.1) is 0 Å². The fourth-order valence-corrected chi connectivity index (χ4v) is 2.09. The summed E-state index contributed by atoms with van der Waals surface area (Å²) in [6.45, 7) is 5.83. The topological polar surface area (TPSA) is 47.3 Å². The van der Waals surface area contributed by atoms with Crippen LogP contribution in [0.25, 0.3) is 0 Å². The predicted octanol–water partition coefficient (Wildman–Crippen LogP) is 2.11. The third kappa shape index (κ3) is 3.82. The second kappa shape index (κ2) is 6.77. The minimum atomic E-state index is 0.411. The normalized spacial score (nSPS) is 20.6. The van der Waals surface area contributed by atoms with Gasteiger partial charge in [0, 0.05) is 25.5 Å². The summed E-state index contributed by atoms with van der Waals surface area (Å²) >= 11 is 0. The first-order valence-electron chi connectivity index (χ1n) is 6.63. The van der Waals surface area contributed by atoms with Crippen molar-refractivity contribution in [1.82, 2.24) is 10.3 Å². The molecule has 17 heavy (non-hydrogen) atoms. The summed E-state index contributed by atoms with van der Waals surface area (Å²) in [6, 6.07) is 0. The SMILES string of the molecule is CCCNCCc1ncc(C2CCCOC2)o1. The van der Waals surface area contributed by atoms with E-state index in [1.807, 2.05) is 6.20 Å². The average Bonchev–Trinajstić information content (AvgIpc) is 2.85. The standard InChI is InChI=1S/C13H22N2O2/c1-2-6-14-7-5-13-15-9-12(17-13)11-4-3-8-16-10-11/h9,11,14H,2-8,10H2,1H3. The van der Waals surface area contributed by atoms with Gasteiger partial charge in [-0.05, 0) is 25.8 Å². The van der Waals surface area contributed by atoms with Crippen LogP contribution in [0.4, 0.5) is 0 Å². The maximum atomic E-state index is 5.77. The molecule has 2 heterocycles. The Hall–Kier alpha value is -0.870. The van der Waals surface area contributed by atoms with Gasteiger partial charge in [-0.1, -0.05) is 6.92 Å². The molecule has 4 heteroatoms. The molecule has 0 radical (unpaired) electrons. The monoisotopic (exact) mass is 238 g/mol. The number of nitrogens with zero attached hydrogens (tertiary/aromatic N) is 1. The first-order chi connectivity index (χ1) is 8.40. The van der Waals surface area contributed by atoms with Gasteiger partial charge in [0.2, 0.25) is 0 Å². The van der Waals surface area contributed by atoms with Gasteiger partial charge in [0.1, 0.15) is 5.76 Å². The Morgan fingerprint density at radius 2 is 2.41 bits per heavy atom. The van der Waals surface area contributed by atoms with Gasteiger partial charge >= 0.3 is 0 Å². The van der Waals surface area contributed by atoms with Crippen LogP contribution in [0.1, 0.15) is 43.8 Å². The Kier molecular flexibility index (Phi) is 5.01. The van der Waals surface area contributed by atoms with E-state index >= 15 is 0 Å². The Labute approximate surface area is 103 Å². The van der Waals surface area contributed by atoms with E-state index in [1.165, 1.54) is 0 Å². The van der Waals surface area contributed by atoms with Crippen molar-refractivity contribution in [2.24, 2.45) is 0 Å². The molecule has 1 aromatic heterocycles. The molecular formula is C13H22N2O2. The summed E-state index contributed by atoms with van der Waals surface area (Å²) in [7, 11) is 0. The summed E-state index contributed by atoms with van der Waals surface area (Å²) in [5, 5.41) is 3.35. The van der Waals surface area contributed by atoms with Crippen LogP contribution in [0.3, 0.4) is 0 Å². The first-order valence-corrected chi connectivity index (χ1v) is 6.63. The van der Waals surface area contributed by atoms with E-state index in [1.54, 1.807) is 0 Å². The highest BCUT2D eigenvalue weighted by atomic mass is 16.5. The zero-order valence-electron chi connectivity index (χ0n) is 10.6. The van der Waals surface area contributed by atoms with E-state index in [2.05, 4.69) is 17.2 Å². The van der Waals surface area contributed by atoms with E-state index in [-0.39, 0.29) is 0 Å². The summed E-state index contributed by atoms with van der Waals surface area (Å²) in [5.41, 5.74) is 0. The fraction of sp³-hybridized carbons (Fsp3) is 0.769. The lowest BCUT2D eigenvalue weighted by Gasteiger charge is -2.19. The molecule has 1 aromatic rings. The zero-order chi connectivity index (χ0) is 11.9. The number of nitrogens with one attached hydrogen (secondary N) is 1. The number of aromatic nitrogens is 1. The number of hydrogen-bond acceptors (Lipinski definition) is 4. The van der Waals surface area contributed by atoms with Crippen molar-refractivity contribution in [3.8, 4) is 0 Å². The maximum Gasteiger partial charge on any atom is 0.195 e. The Morgan fingerprint density at radius 1 is 1.47 bits per heavy atom. The van der Waals surface area contributed by atoms with Crippen LogP contribution >= 0.6 is 0 Å². The van der Waals surface area contributed by atoms with E-state index < -0.39 is 0 Å². The van der Waals surface area contributed by atoms with Crippen molar-refractivity contribution in [3.05, 3.63) is 17.8 Å². The highest BCUT2D eigenvalue weighted by molar-refractivity contribution is 5.03. The predicted molar refractivity (Wildman–Crippen MR) is 66.2 cm³/mol. The van der Waals surface area contributed by atoms with Crippen molar-refractivity contribution in [2.75, 3.05) is 26.3 Å². The van der Waals surface area contributed by atoms with Crippen molar-refractivity contribution in [2.45, 2.75) is 38.5 Å².